The Hall–Kier alpha value is -6.40. The Morgan fingerprint density at radius 3 is 2.51 bits per heavy atom. The van der Waals surface area contributed by atoms with Gasteiger partial charge in [-0.1, -0.05) is 123 Å². The molecule has 14 bridgehead atoms. The van der Waals surface area contributed by atoms with Crippen LogP contribution < -0.4 is 26.6 Å². The van der Waals surface area contributed by atoms with Crippen molar-refractivity contribution in [3.63, 3.8) is 0 Å². The number of hydrogen-bond acceptors (Lipinski definition) is 12. The first kappa shape index (κ1) is 62.7. The normalized spacial score (nSPS) is 35.8. The van der Waals surface area contributed by atoms with Crippen molar-refractivity contribution < 1.29 is 34.4 Å². The van der Waals surface area contributed by atoms with Gasteiger partial charge in [-0.15, -0.1) is 0 Å². The Kier molecular flexibility index (Phi) is 16.8. The minimum atomic E-state index is -1.12. The van der Waals surface area contributed by atoms with E-state index in [0.717, 1.165) is 143 Å². The summed E-state index contributed by atoms with van der Waals surface area (Å²) in [6, 6.07) is 32.0. The number of phenolic OH excluding ortho intramolecular Hbond substituents is 1. The second kappa shape index (κ2) is 25.0. The molecule has 0 radical (unpaired) electrons. The summed E-state index contributed by atoms with van der Waals surface area (Å²) in [5, 5.41) is 56.4. The van der Waals surface area contributed by atoms with Crippen LogP contribution in [-0.4, -0.2) is 77.9 Å². The quantitative estimate of drug-likeness (QED) is 0.0310. The number of carbonyl (C=O) groups is 2. The Bertz CT molecular complexity index is 3810. The van der Waals surface area contributed by atoms with Gasteiger partial charge >= 0.3 is 11.9 Å². The highest BCUT2D eigenvalue weighted by Gasteiger charge is 2.73. The van der Waals surface area contributed by atoms with Gasteiger partial charge in [0.25, 0.3) is 0 Å². The highest BCUT2D eigenvalue weighted by molar-refractivity contribution is 6.08. The van der Waals surface area contributed by atoms with Crippen molar-refractivity contribution in [2.45, 2.75) is 179 Å². The van der Waals surface area contributed by atoms with E-state index in [1.54, 1.807) is 6.07 Å². The van der Waals surface area contributed by atoms with Crippen molar-refractivity contribution in [1.29, 1.82) is 0 Å². The molecule has 2 saturated heterocycles. The lowest BCUT2D eigenvalue weighted by atomic mass is 9.38. The topological polar surface area (TPSA) is 173 Å². The third-order valence-corrected chi connectivity index (χ3v) is 25.0. The number of β-amino-alcohol motifs (C(OH)–C–C–N with tert-alkyl or cyclic N) is 1. The van der Waals surface area contributed by atoms with Crippen molar-refractivity contribution in [3.8, 4) is 28.7 Å². The molecule has 93 heavy (non-hydrogen) atoms. The SMILES string of the molecule is CCCNCc1cc2cc(c1)[C@@H]1NC[C@](C)(O)CC#C[C@H](C3(O)CCCC3)C[C@H]3C[C@]([C@@H]4CCN[C@H](NC)C4)(C/C=C4\OC(=O)C5=C4CC[C@]46/C=C/[C@H](NCC2)c2cccc(c2)-c2ccc(O)cc2C2=C7C(=O)O/C(=C\[C@H](CC)Cc8ccccc8)[C@]7(CC[C@@H]24)[C@@H]56)C[C@H]31. The maximum absolute atomic E-state index is 16.0. The standard InChI is InChI=1S/C81H97N5O7/c1-5-34-83-48-53-38-52-25-35-84-66-23-32-79-31-21-62-67(24-30-78(58-26-36-85-69(44-58)82-4)46-57-43-59(80(91)28-10-11-29-80)18-13-27-77(3,90)49-86-73(64(57)47-78)56(39-52)40-53)92-75(88)71(62)74(79)81-33-22-65(79)70(63-45-60(87)19-20-61(63)54-16-12-17-55(66)42-54)72(81)76(89)93-68(81)41-50(6-2)37-51-14-8-7-9-15-51/h7-9,12,14-17,19-20,23-24,32,38-42,45,50,57-59,64-66,69,73-74,82-87,90-91H,5-6,10-11,21-22,25-31,33-37,43-44,46-49H2,1-4H3/b32-23+,67-24-,68-41-/t50-,57+,58-,59+,64-,65+,66+,69+,73+,74+,77-,78-,79+,81+/m1/s1. The molecule has 12 nitrogen and oxygen atoms in total. The molecule has 17 rings (SSSR count). The average molecular weight is 1250 g/mol. The molecule has 488 valence electrons. The van der Waals surface area contributed by atoms with Crippen LogP contribution in [0.15, 0.2) is 144 Å². The third-order valence-electron chi connectivity index (χ3n) is 25.0. The first-order valence-corrected chi connectivity index (χ1v) is 35.8. The zero-order valence-electron chi connectivity index (χ0n) is 55.2. The first-order valence-electron chi connectivity index (χ1n) is 35.8. The van der Waals surface area contributed by atoms with Crippen LogP contribution in [-0.2, 0) is 38.4 Å². The highest BCUT2D eigenvalue weighted by Crippen LogP contribution is 2.77. The van der Waals surface area contributed by atoms with E-state index in [0.29, 0.717) is 73.8 Å². The number of phenols is 1. The second-order valence-electron chi connectivity index (χ2n) is 30.5. The molecule has 4 aromatic carbocycles. The molecular weight excluding hydrogens is 1150 g/mol. The third kappa shape index (κ3) is 11.2. The average Bonchev–Trinajstić information content (AvgIpc) is 1.61. The van der Waals surface area contributed by atoms with Gasteiger partial charge in [-0.25, -0.2) is 9.59 Å². The largest absolute Gasteiger partial charge is 0.508 e. The number of ether oxygens (including phenoxy) is 2. The number of esters is 2. The van der Waals surface area contributed by atoms with E-state index in [4.69, 9.17) is 9.47 Å². The van der Waals surface area contributed by atoms with Crippen molar-refractivity contribution in [1.82, 2.24) is 26.6 Å². The molecule has 6 aliphatic heterocycles. The van der Waals surface area contributed by atoms with Crippen LogP contribution in [0, 0.1) is 69.5 Å². The fourth-order valence-corrected chi connectivity index (χ4v) is 20.6. The number of piperidine rings is 1. The molecule has 7 aliphatic carbocycles. The van der Waals surface area contributed by atoms with Crippen molar-refractivity contribution in [2.24, 2.45) is 57.7 Å². The van der Waals surface area contributed by atoms with Crippen molar-refractivity contribution in [3.05, 3.63) is 177 Å². The minimum Gasteiger partial charge on any atom is -0.508 e. The van der Waals surface area contributed by atoms with Crippen molar-refractivity contribution in [2.75, 3.05) is 33.2 Å². The van der Waals surface area contributed by atoms with Crippen LogP contribution in [0.4, 0.5) is 0 Å². The number of rotatable bonds is 11. The molecule has 6 heterocycles. The summed E-state index contributed by atoms with van der Waals surface area (Å²) in [7, 11) is 2.06. The van der Waals surface area contributed by atoms with Gasteiger partial charge in [0, 0.05) is 60.5 Å². The molecule has 8 N–H and O–H groups in total. The highest BCUT2D eigenvalue weighted by atomic mass is 16.6. The zero-order valence-corrected chi connectivity index (χ0v) is 55.2. The summed E-state index contributed by atoms with van der Waals surface area (Å²) in [5.74, 6) is 7.63. The lowest BCUT2D eigenvalue weighted by molar-refractivity contribution is -0.135. The fourth-order valence-electron chi connectivity index (χ4n) is 20.6. The Morgan fingerprint density at radius 1 is 0.817 bits per heavy atom. The van der Waals surface area contributed by atoms with E-state index < -0.39 is 27.9 Å². The molecule has 5 fully saturated rings. The predicted molar refractivity (Wildman–Crippen MR) is 364 cm³/mol. The van der Waals surface area contributed by atoms with E-state index >= 15 is 9.59 Å². The lowest BCUT2D eigenvalue weighted by Crippen LogP contribution is -2.58. The van der Waals surface area contributed by atoms with Gasteiger partial charge in [-0.2, -0.15) is 0 Å². The van der Waals surface area contributed by atoms with Gasteiger partial charge in [-0.05, 0) is 245 Å². The smallest absolute Gasteiger partial charge is 0.340 e. The summed E-state index contributed by atoms with van der Waals surface area (Å²) in [5.41, 5.74) is 8.08. The molecule has 3 saturated carbocycles. The number of cyclic esters (lactones) is 1. The van der Waals surface area contributed by atoms with Crippen LogP contribution in [0.2, 0.25) is 0 Å². The number of hydrogen-bond donors (Lipinski definition) is 8. The summed E-state index contributed by atoms with van der Waals surface area (Å²) in [6.07, 6.45) is 24.7. The number of nitrogens with one attached hydrogen (secondary N) is 5. The van der Waals surface area contributed by atoms with E-state index in [-0.39, 0.29) is 70.9 Å². The van der Waals surface area contributed by atoms with Gasteiger partial charge < -0.3 is 51.4 Å². The molecule has 13 aliphatic rings. The van der Waals surface area contributed by atoms with Crippen LogP contribution in [0.3, 0.4) is 0 Å². The van der Waals surface area contributed by atoms with E-state index in [9.17, 15) is 15.3 Å². The fraction of sp³-hybridized carbons (Fsp3) is 0.531. The Balaban J connectivity index is 0.963. The lowest BCUT2D eigenvalue weighted by Gasteiger charge is -2.62. The number of allylic oxidation sites excluding steroid dienone is 6. The minimum absolute atomic E-state index is 0.0339. The summed E-state index contributed by atoms with van der Waals surface area (Å²) >= 11 is 0. The molecular formula is C81H97N5O7. The number of benzene rings is 4. The van der Waals surface area contributed by atoms with Gasteiger partial charge in [0.15, 0.2) is 0 Å². The van der Waals surface area contributed by atoms with Gasteiger partial charge in [0.2, 0.25) is 0 Å². The van der Waals surface area contributed by atoms with E-state index in [2.05, 4.69) is 156 Å². The van der Waals surface area contributed by atoms with Crippen molar-refractivity contribution >= 4 is 17.5 Å². The van der Waals surface area contributed by atoms with E-state index in [1.165, 1.54) is 22.3 Å². The van der Waals surface area contributed by atoms with E-state index in [1.807, 2.05) is 19.1 Å². The van der Waals surface area contributed by atoms with Gasteiger partial charge in [-0.3, -0.25) is 0 Å². The molecule has 0 unspecified atom stereocenters. The summed E-state index contributed by atoms with van der Waals surface area (Å²) in [4.78, 5) is 31.8. The maximum atomic E-state index is 16.0. The number of carbonyl (C=O) groups excluding carboxylic acids is 2. The molecule has 0 amide bonds. The molecule has 2 spiro atoms. The maximum Gasteiger partial charge on any atom is 0.340 e. The summed E-state index contributed by atoms with van der Waals surface area (Å²) < 4.78 is 13.9. The van der Waals surface area contributed by atoms with Crippen LogP contribution in [0.25, 0.3) is 16.7 Å². The predicted octanol–water partition coefficient (Wildman–Crippen LogP) is 13.1. The monoisotopic (exact) mass is 1250 g/mol. The zero-order chi connectivity index (χ0) is 63.9. The van der Waals surface area contributed by atoms with Crippen LogP contribution >= 0.6 is 0 Å². The molecule has 14 atom stereocenters. The second-order valence-corrected chi connectivity index (χ2v) is 30.5. The van der Waals surface area contributed by atoms with Gasteiger partial charge in [0.1, 0.15) is 17.3 Å². The van der Waals surface area contributed by atoms with Crippen LogP contribution in [0.5, 0.6) is 5.75 Å². The molecule has 4 aromatic rings. The Labute approximate surface area is 551 Å². The number of fused-ring (bicyclic) bond motifs is 9. The molecule has 12 heteroatoms. The summed E-state index contributed by atoms with van der Waals surface area (Å²) in [6.45, 7) is 9.91. The van der Waals surface area contributed by atoms with Gasteiger partial charge in [0.05, 0.1) is 34.4 Å². The van der Waals surface area contributed by atoms with Crippen LogP contribution in [0.1, 0.15) is 175 Å². The molecule has 0 aromatic heterocycles. The number of aliphatic hydroxyl groups is 2. The Morgan fingerprint density at radius 2 is 1.68 bits per heavy atom. The number of aromatic hydroxyl groups is 1. The first-order chi connectivity index (χ1) is 45.1.